The standard InChI is InChI=1S/C38H39F2N3O4/c1-19-6-25(39)7-20(2)32(19)47-34-26(11-24(12-29(34)40)37(3,4)45)28-18-43(5)35(44)27-13-31(46-33(27)28)30-17-41-36(42-30)38-14-21-8-22(15-38)10-23(9-21)16-38/h6-7,11-13,17-18,21-23,45H,8-10,14-16H2,1-5H3,(H,41,42). The lowest BCUT2D eigenvalue weighted by Gasteiger charge is -2.55. The van der Waals surface area contributed by atoms with Crippen LogP contribution in [0.3, 0.4) is 0 Å². The Morgan fingerprint density at radius 3 is 2.23 bits per heavy atom. The number of nitrogens with zero attached hydrogens (tertiary/aromatic N) is 2. The van der Waals surface area contributed by atoms with Crippen molar-refractivity contribution >= 4 is 11.0 Å². The van der Waals surface area contributed by atoms with Gasteiger partial charge in [-0.25, -0.2) is 13.8 Å². The van der Waals surface area contributed by atoms with Crippen molar-refractivity contribution in [3.63, 3.8) is 0 Å². The number of imidazole rings is 1. The third-order valence-electron chi connectivity index (χ3n) is 10.9. The highest BCUT2D eigenvalue weighted by molar-refractivity contribution is 5.95. The number of aromatic amines is 1. The number of rotatable bonds is 6. The first-order chi connectivity index (χ1) is 22.3. The predicted octanol–water partition coefficient (Wildman–Crippen LogP) is 8.57. The Bertz CT molecular complexity index is 2070. The molecule has 0 atom stereocenters. The molecule has 9 rings (SSSR count). The zero-order valence-electron chi connectivity index (χ0n) is 27.3. The monoisotopic (exact) mass is 639 g/mol. The zero-order chi connectivity index (χ0) is 33.0. The van der Waals surface area contributed by atoms with Gasteiger partial charge in [0.2, 0.25) is 0 Å². The van der Waals surface area contributed by atoms with E-state index < -0.39 is 17.2 Å². The molecule has 4 saturated carbocycles. The quantitative estimate of drug-likeness (QED) is 0.194. The number of halogens is 2. The van der Waals surface area contributed by atoms with Gasteiger partial charge in [0, 0.05) is 29.8 Å². The number of ether oxygens (including phenoxy) is 1. The van der Waals surface area contributed by atoms with Crippen LogP contribution in [0.4, 0.5) is 8.78 Å². The van der Waals surface area contributed by atoms with Crippen molar-refractivity contribution in [3.8, 4) is 34.1 Å². The molecular weight excluding hydrogens is 600 g/mol. The van der Waals surface area contributed by atoms with Crippen LogP contribution in [0.2, 0.25) is 0 Å². The zero-order valence-corrected chi connectivity index (χ0v) is 27.3. The summed E-state index contributed by atoms with van der Waals surface area (Å²) in [6, 6.07) is 7.25. The van der Waals surface area contributed by atoms with Crippen molar-refractivity contribution in [2.45, 2.75) is 77.2 Å². The van der Waals surface area contributed by atoms with Crippen LogP contribution in [0, 0.1) is 43.2 Å². The minimum atomic E-state index is -1.38. The minimum Gasteiger partial charge on any atom is -0.454 e. The molecule has 0 amide bonds. The lowest BCUT2D eigenvalue weighted by Crippen LogP contribution is -2.49. The predicted molar refractivity (Wildman–Crippen MR) is 175 cm³/mol. The Hall–Kier alpha value is -4.24. The smallest absolute Gasteiger partial charge is 0.261 e. The highest BCUT2D eigenvalue weighted by Crippen LogP contribution is 2.60. The molecule has 3 aromatic heterocycles. The van der Waals surface area contributed by atoms with Crippen molar-refractivity contribution < 1.29 is 23.0 Å². The average molecular weight is 640 g/mol. The molecule has 0 spiro atoms. The maximum Gasteiger partial charge on any atom is 0.261 e. The summed E-state index contributed by atoms with van der Waals surface area (Å²) in [5, 5.41) is 11.2. The molecule has 3 heterocycles. The molecule has 4 fully saturated rings. The van der Waals surface area contributed by atoms with Crippen LogP contribution < -0.4 is 10.3 Å². The van der Waals surface area contributed by atoms with Gasteiger partial charge in [-0.3, -0.25) is 4.79 Å². The second-order valence-corrected chi connectivity index (χ2v) is 15.0. The van der Waals surface area contributed by atoms with E-state index >= 15 is 4.39 Å². The molecule has 9 heteroatoms. The third-order valence-corrected chi connectivity index (χ3v) is 10.9. The average Bonchev–Trinajstić information content (AvgIpc) is 3.65. The molecule has 2 aromatic carbocycles. The van der Waals surface area contributed by atoms with Gasteiger partial charge in [0.15, 0.2) is 17.3 Å². The van der Waals surface area contributed by atoms with Gasteiger partial charge in [-0.15, -0.1) is 0 Å². The van der Waals surface area contributed by atoms with Gasteiger partial charge in [-0.1, -0.05) is 0 Å². The number of aliphatic hydroxyl groups is 1. The molecule has 4 aliphatic rings. The lowest BCUT2D eigenvalue weighted by atomic mass is 9.49. The van der Waals surface area contributed by atoms with Crippen molar-refractivity contribution in [1.82, 2.24) is 14.5 Å². The van der Waals surface area contributed by atoms with E-state index in [9.17, 15) is 14.3 Å². The van der Waals surface area contributed by atoms with Crippen molar-refractivity contribution in [2.75, 3.05) is 0 Å². The summed E-state index contributed by atoms with van der Waals surface area (Å²) in [7, 11) is 1.63. The van der Waals surface area contributed by atoms with E-state index in [0.717, 1.165) is 42.8 Å². The molecule has 2 N–H and O–H groups in total. The van der Waals surface area contributed by atoms with Gasteiger partial charge in [0.05, 0.1) is 17.2 Å². The van der Waals surface area contributed by atoms with Crippen LogP contribution >= 0.6 is 0 Å². The largest absolute Gasteiger partial charge is 0.454 e. The summed E-state index contributed by atoms with van der Waals surface area (Å²) in [5.41, 5.74) is 1.37. The van der Waals surface area contributed by atoms with Gasteiger partial charge < -0.3 is 23.8 Å². The van der Waals surface area contributed by atoms with E-state index in [-0.39, 0.29) is 27.9 Å². The van der Waals surface area contributed by atoms with E-state index in [2.05, 4.69) is 4.98 Å². The fourth-order valence-corrected chi connectivity index (χ4v) is 9.10. The summed E-state index contributed by atoms with van der Waals surface area (Å²) in [6.45, 7) is 6.53. The van der Waals surface area contributed by atoms with Crippen LogP contribution in [0.15, 0.2) is 51.9 Å². The molecular formula is C38H39F2N3O4. The highest BCUT2D eigenvalue weighted by Gasteiger charge is 2.53. The number of benzene rings is 2. The number of H-pyrrole nitrogens is 1. The van der Waals surface area contributed by atoms with Crippen molar-refractivity contribution in [3.05, 3.63) is 87.2 Å². The normalized spacial score (nSPS) is 23.6. The van der Waals surface area contributed by atoms with Gasteiger partial charge in [-0.05, 0) is 131 Å². The number of nitrogens with one attached hydrogen (secondary N) is 1. The molecule has 4 aliphatic carbocycles. The molecule has 0 saturated heterocycles. The first kappa shape index (κ1) is 30.1. The van der Waals surface area contributed by atoms with Crippen LogP contribution in [0.5, 0.6) is 11.5 Å². The number of hydrogen-bond donors (Lipinski definition) is 2. The minimum absolute atomic E-state index is 0.0677. The summed E-state index contributed by atoms with van der Waals surface area (Å²) in [6.07, 6.45) is 10.9. The van der Waals surface area contributed by atoms with Crippen LogP contribution in [0.1, 0.15) is 74.9 Å². The number of pyridine rings is 1. The SMILES string of the molecule is Cc1cc(F)cc(C)c1Oc1c(F)cc(C(C)(C)O)cc1-c1cn(C)c(=O)c2cc(-c3cnc(C45CC6CC(CC(C6)C4)C5)[nH]3)oc12. The second kappa shape index (κ2) is 10.4. The van der Waals surface area contributed by atoms with Crippen molar-refractivity contribution in [2.24, 2.45) is 24.8 Å². The molecule has 5 aromatic rings. The van der Waals surface area contributed by atoms with Gasteiger partial charge >= 0.3 is 0 Å². The summed E-state index contributed by atoms with van der Waals surface area (Å²) in [5.74, 6) is 2.82. The van der Waals surface area contributed by atoms with Crippen LogP contribution in [0.25, 0.3) is 33.6 Å². The number of aryl methyl sites for hydroxylation is 3. The Morgan fingerprint density at radius 2 is 1.62 bits per heavy atom. The van der Waals surface area contributed by atoms with Gasteiger partial charge in [0.1, 0.15) is 28.7 Å². The molecule has 47 heavy (non-hydrogen) atoms. The maximum atomic E-state index is 16.1. The summed E-state index contributed by atoms with van der Waals surface area (Å²) in [4.78, 5) is 21.9. The number of hydrogen-bond acceptors (Lipinski definition) is 5. The maximum absolute atomic E-state index is 16.1. The first-order valence-electron chi connectivity index (χ1n) is 16.5. The van der Waals surface area contributed by atoms with Crippen molar-refractivity contribution in [1.29, 1.82) is 0 Å². The highest BCUT2D eigenvalue weighted by atomic mass is 19.1. The fraction of sp³-hybridized carbons (Fsp3) is 0.421. The Labute approximate surface area is 271 Å². The molecule has 7 nitrogen and oxygen atoms in total. The number of aromatic nitrogens is 3. The van der Waals surface area contributed by atoms with Crippen LogP contribution in [-0.4, -0.2) is 19.6 Å². The Morgan fingerprint density at radius 1 is 0.979 bits per heavy atom. The van der Waals surface area contributed by atoms with E-state index in [1.165, 1.54) is 42.0 Å². The van der Waals surface area contributed by atoms with Crippen LogP contribution in [-0.2, 0) is 18.1 Å². The summed E-state index contributed by atoms with van der Waals surface area (Å²) < 4.78 is 44.4. The Balaban J connectivity index is 1.27. The van der Waals surface area contributed by atoms with E-state index in [1.807, 2.05) is 0 Å². The topological polar surface area (TPSA) is 93.3 Å². The van der Waals surface area contributed by atoms with E-state index in [4.69, 9.17) is 14.1 Å². The number of furan rings is 1. The Kier molecular flexibility index (Phi) is 6.65. The van der Waals surface area contributed by atoms with Gasteiger partial charge in [0.25, 0.3) is 5.56 Å². The molecule has 244 valence electrons. The van der Waals surface area contributed by atoms with E-state index in [0.29, 0.717) is 44.8 Å². The number of fused-ring (bicyclic) bond motifs is 1. The second-order valence-electron chi connectivity index (χ2n) is 15.0. The molecule has 0 radical (unpaired) electrons. The van der Waals surface area contributed by atoms with Gasteiger partial charge in [-0.2, -0.15) is 0 Å². The lowest BCUT2D eigenvalue weighted by molar-refractivity contribution is -0.00898. The molecule has 4 bridgehead atoms. The molecule has 0 unspecified atom stereocenters. The fourth-order valence-electron chi connectivity index (χ4n) is 9.10. The first-order valence-corrected chi connectivity index (χ1v) is 16.5. The summed E-state index contributed by atoms with van der Waals surface area (Å²) >= 11 is 0. The third kappa shape index (κ3) is 4.93. The molecule has 0 aliphatic heterocycles. The van der Waals surface area contributed by atoms with E-state index in [1.54, 1.807) is 59.3 Å².